The van der Waals surface area contributed by atoms with Crippen molar-refractivity contribution in [3.63, 3.8) is 0 Å². The highest BCUT2D eigenvalue weighted by atomic mass is 16.1. The number of carbonyl (C=O) groups excluding carboxylic acids is 1. The van der Waals surface area contributed by atoms with Crippen molar-refractivity contribution in [1.29, 1.82) is 0 Å². The summed E-state index contributed by atoms with van der Waals surface area (Å²) in [6.45, 7) is 1.98. The standard InChI is InChI=1S/C11H11N3O/c1-2-10-12-13-11(8-15)14(10)9-6-4-3-5-7-9/h3-8H,2H2,1H3. The Morgan fingerprint density at radius 3 is 2.60 bits per heavy atom. The zero-order valence-electron chi connectivity index (χ0n) is 8.42. The van der Waals surface area contributed by atoms with Gasteiger partial charge in [0.25, 0.3) is 0 Å². The molecule has 0 unspecified atom stereocenters. The van der Waals surface area contributed by atoms with Crippen LogP contribution in [0, 0.1) is 0 Å². The van der Waals surface area contributed by atoms with E-state index < -0.39 is 0 Å². The van der Waals surface area contributed by atoms with Crippen LogP contribution >= 0.6 is 0 Å². The molecule has 4 nitrogen and oxygen atoms in total. The highest BCUT2D eigenvalue weighted by Crippen LogP contribution is 2.11. The van der Waals surface area contributed by atoms with Crippen molar-refractivity contribution in [2.24, 2.45) is 0 Å². The van der Waals surface area contributed by atoms with Crippen molar-refractivity contribution in [3.8, 4) is 5.69 Å². The third-order valence-electron chi connectivity index (χ3n) is 2.19. The van der Waals surface area contributed by atoms with Crippen LogP contribution in [0.25, 0.3) is 5.69 Å². The fraction of sp³-hybridized carbons (Fsp3) is 0.182. The molecule has 0 aliphatic carbocycles. The zero-order chi connectivity index (χ0) is 10.7. The Hall–Kier alpha value is -1.97. The van der Waals surface area contributed by atoms with Crippen LogP contribution in [0.5, 0.6) is 0 Å². The first-order valence-corrected chi connectivity index (χ1v) is 4.81. The van der Waals surface area contributed by atoms with E-state index in [0.29, 0.717) is 5.82 Å². The first kappa shape index (κ1) is 9.58. The Morgan fingerprint density at radius 2 is 2.00 bits per heavy atom. The van der Waals surface area contributed by atoms with E-state index >= 15 is 0 Å². The lowest BCUT2D eigenvalue weighted by Crippen LogP contribution is -2.03. The van der Waals surface area contributed by atoms with E-state index in [1.807, 2.05) is 37.3 Å². The Labute approximate surface area is 87.6 Å². The van der Waals surface area contributed by atoms with Crippen molar-refractivity contribution in [2.45, 2.75) is 13.3 Å². The van der Waals surface area contributed by atoms with Gasteiger partial charge in [-0.05, 0) is 12.1 Å². The topological polar surface area (TPSA) is 47.8 Å². The Bertz CT molecular complexity index is 462. The van der Waals surface area contributed by atoms with Gasteiger partial charge >= 0.3 is 0 Å². The maximum Gasteiger partial charge on any atom is 0.201 e. The van der Waals surface area contributed by atoms with Crippen LogP contribution in [-0.2, 0) is 6.42 Å². The quantitative estimate of drug-likeness (QED) is 0.709. The largest absolute Gasteiger partial charge is 0.294 e. The maximum absolute atomic E-state index is 10.8. The highest BCUT2D eigenvalue weighted by molar-refractivity contribution is 5.70. The van der Waals surface area contributed by atoms with Gasteiger partial charge in [0.2, 0.25) is 5.82 Å². The lowest BCUT2D eigenvalue weighted by Gasteiger charge is -2.05. The normalized spacial score (nSPS) is 10.2. The molecule has 1 aromatic heterocycles. The van der Waals surface area contributed by atoms with Gasteiger partial charge in [-0.2, -0.15) is 0 Å². The van der Waals surface area contributed by atoms with Crippen LogP contribution in [0.15, 0.2) is 30.3 Å². The number of aromatic nitrogens is 3. The van der Waals surface area contributed by atoms with Crippen LogP contribution in [0.2, 0.25) is 0 Å². The second kappa shape index (κ2) is 4.04. The van der Waals surface area contributed by atoms with Gasteiger partial charge in [0.1, 0.15) is 5.82 Å². The zero-order valence-corrected chi connectivity index (χ0v) is 8.42. The van der Waals surface area contributed by atoms with E-state index in [2.05, 4.69) is 10.2 Å². The molecule has 4 heteroatoms. The maximum atomic E-state index is 10.8. The van der Waals surface area contributed by atoms with Gasteiger partial charge in [0.05, 0.1) is 0 Å². The summed E-state index contributed by atoms with van der Waals surface area (Å²) in [6, 6.07) is 9.62. The van der Waals surface area contributed by atoms with Crippen molar-refractivity contribution >= 4 is 6.29 Å². The summed E-state index contributed by atoms with van der Waals surface area (Å²) in [5, 5.41) is 7.79. The fourth-order valence-corrected chi connectivity index (χ4v) is 1.49. The average molecular weight is 201 g/mol. The second-order valence-electron chi connectivity index (χ2n) is 3.12. The molecule has 0 radical (unpaired) electrons. The predicted octanol–water partition coefficient (Wildman–Crippen LogP) is 1.64. The number of aldehydes is 1. The lowest BCUT2D eigenvalue weighted by atomic mass is 10.3. The minimum absolute atomic E-state index is 0.345. The molecule has 0 N–H and O–H groups in total. The summed E-state index contributed by atoms with van der Waals surface area (Å²) < 4.78 is 1.77. The molecule has 0 atom stereocenters. The van der Waals surface area contributed by atoms with E-state index in [-0.39, 0.29) is 0 Å². The number of carbonyl (C=O) groups is 1. The minimum Gasteiger partial charge on any atom is -0.294 e. The van der Waals surface area contributed by atoms with E-state index in [1.54, 1.807) is 4.57 Å². The summed E-state index contributed by atoms with van der Waals surface area (Å²) in [5.74, 6) is 1.14. The number of aryl methyl sites for hydroxylation is 1. The highest BCUT2D eigenvalue weighted by Gasteiger charge is 2.10. The molecule has 0 aliphatic rings. The van der Waals surface area contributed by atoms with Crippen LogP contribution in [0.4, 0.5) is 0 Å². The van der Waals surface area contributed by atoms with Gasteiger partial charge in [-0.1, -0.05) is 25.1 Å². The minimum atomic E-state index is 0.345. The molecule has 15 heavy (non-hydrogen) atoms. The third kappa shape index (κ3) is 1.66. The third-order valence-corrected chi connectivity index (χ3v) is 2.19. The molecule has 0 amide bonds. The SMILES string of the molecule is CCc1nnc(C=O)n1-c1ccccc1. The summed E-state index contributed by atoms with van der Waals surface area (Å²) >= 11 is 0. The van der Waals surface area contributed by atoms with Gasteiger partial charge in [-0.3, -0.25) is 9.36 Å². The number of benzene rings is 1. The molecular formula is C11H11N3O. The second-order valence-corrected chi connectivity index (χ2v) is 3.12. The van der Waals surface area contributed by atoms with E-state index in [9.17, 15) is 4.79 Å². The molecule has 0 spiro atoms. The van der Waals surface area contributed by atoms with E-state index in [1.165, 1.54) is 0 Å². The van der Waals surface area contributed by atoms with Crippen LogP contribution in [0.3, 0.4) is 0 Å². The van der Waals surface area contributed by atoms with Crippen molar-refractivity contribution < 1.29 is 4.79 Å². The predicted molar refractivity (Wildman–Crippen MR) is 56.1 cm³/mol. The molecule has 0 fully saturated rings. The fourth-order valence-electron chi connectivity index (χ4n) is 1.49. The smallest absolute Gasteiger partial charge is 0.201 e. The van der Waals surface area contributed by atoms with Gasteiger partial charge < -0.3 is 0 Å². The van der Waals surface area contributed by atoms with Crippen molar-refractivity contribution in [1.82, 2.24) is 14.8 Å². The molecule has 2 aromatic rings. The molecular weight excluding hydrogens is 190 g/mol. The first-order valence-electron chi connectivity index (χ1n) is 4.81. The Balaban J connectivity index is 2.59. The number of rotatable bonds is 3. The van der Waals surface area contributed by atoms with Gasteiger partial charge in [-0.25, -0.2) is 0 Å². The van der Waals surface area contributed by atoms with Gasteiger partial charge in [0, 0.05) is 12.1 Å². The summed E-state index contributed by atoms with van der Waals surface area (Å²) in [4.78, 5) is 10.8. The molecule has 76 valence electrons. The van der Waals surface area contributed by atoms with Gasteiger partial charge in [0.15, 0.2) is 6.29 Å². The summed E-state index contributed by atoms with van der Waals surface area (Å²) in [5.41, 5.74) is 0.918. The first-order chi connectivity index (χ1) is 7.36. The molecule has 2 rings (SSSR count). The number of nitrogens with zero attached hydrogens (tertiary/aromatic N) is 3. The summed E-state index contributed by atoms with van der Waals surface area (Å²) in [6.07, 6.45) is 1.47. The van der Waals surface area contributed by atoms with Crippen LogP contribution in [0.1, 0.15) is 23.4 Å². The molecule has 1 heterocycles. The van der Waals surface area contributed by atoms with Crippen LogP contribution in [-0.4, -0.2) is 21.1 Å². The molecule has 0 saturated carbocycles. The summed E-state index contributed by atoms with van der Waals surface area (Å²) in [7, 11) is 0. The average Bonchev–Trinajstić information content (AvgIpc) is 2.72. The van der Waals surface area contributed by atoms with Crippen LogP contribution < -0.4 is 0 Å². The monoisotopic (exact) mass is 201 g/mol. The lowest BCUT2D eigenvalue weighted by molar-refractivity contribution is 0.111. The Morgan fingerprint density at radius 1 is 1.27 bits per heavy atom. The number of hydrogen-bond donors (Lipinski definition) is 0. The molecule has 1 aromatic carbocycles. The van der Waals surface area contributed by atoms with Crippen molar-refractivity contribution in [3.05, 3.63) is 42.0 Å². The number of hydrogen-bond acceptors (Lipinski definition) is 3. The molecule has 0 bridgehead atoms. The molecule has 0 aliphatic heterocycles. The van der Waals surface area contributed by atoms with E-state index in [0.717, 1.165) is 24.2 Å². The number of para-hydroxylation sites is 1. The van der Waals surface area contributed by atoms with E-state index in [4.69, 9.17) is 0 Å². The van der Waals surface area contributed by atoms with Crippen molar-refractivity contribution in [2.75, 3.05) is 0 Å². The molecule has 0 saturated heterocycles. The van der Waals surface area contributed by atoms with Gasteiger partial charge in [-0.15, -0.1) is 10.2 Å². The Kier molecular flexibility index (Phi) is 2.58.